The average molecular weight is 460 g/mol. The van der Waals surface area contributed by atoms with E-state index in [1.165, 1.54) is 0 Å². The topological polar surface area (TPSA) is 40.9 Å². The molecule has 20 heavy (non-hydrogen) atoms. The Hall–Kier alpha value is -0.900. The van der Waals surface area contributed by atoms with Crippen LogP contribution >= 0.6 is 50.1 Å². The lowest BCUT2D eigenvalue weighted by atomic mass is 9.92. The van der Waals surface area contributed by atoms with Gasteiger partial charge in [-0.05, 0) is 58.5 Å². The second-order valence-corrected chi connectivity index (χ2v) is 6.62. The lowest BCUT2D eigenvalue weighted by molar-refractivity contribution is 0.0978. The predicted octanol–water partition coefficient (Wildman–Crippen LogP) is 5.20. The van der Waals surface area contributed by atoms with E-state index in [4.69, 9.17) is 11.6 Å². The third-order valence-corrected chi connectivity index (χ3v) is 4.44. The van der Waals surface area contributed by atoms with Gasteiger partial charge in [-0.15, -0.1) is 0 Å². The Morgan fingerprint density at radius 2 is 2.05 bits per heavy atom. The van der Waals surface area contributed by atoms with Crippen LogP contribution in [0.5, 0.6) is 0 Å². The van der Waals surface area contributed by atoms with Crippen molar-refractivity contribution < 1.29 is 4.79 Å². The third-order valence-electron chi connectivity index (χ3n) is 2.77. The zero-order chi connectivity index (χ0) is 14.7. The van der Waals surface area contributed by atoms with Crippen LogP contribution in [0.1, 0.15) is 21.8 Å². The number of hydrogen-bond acceptors (Lipinski definition) is 2. The van der Waals surface area contributed by atoms with Gasteiger partial charge in [0.1, 0.15) is 5.92 Å². The largest absolute Gasteiger partial charge is 0.292 e. The molecule has 0 aromatic heterocycles. The second kappa shape index (κ2) is 6.70. The Labute approximate surface area is 144 Å². The van der Waals surface area contributed by atoms with Crippen molar-refractivity contribution in [2.75, 3.05) is 0 Å². The first-order valence-corrected chi connectivity index (χ1v) is 7.92. The molecule has 0 radical (unpaired) electrons. The van der Waals surface area contributed by atoms with Gasteiger partial charge in [0.15, 0.2) is 5.78 Å². The molecule has 0 aliphatic carbocycles. The Morgan fingerprint density at radius 1 is 1.30 bits per heavy atom. The van der Waals surface area contributed by atoms with Crippen molar-refractivity contribution in [1.29, 1.82) is 5.26 Å². The highest BCUT2D eigenvalue weighted by atomic mass is 127. The second-order valence-electron chi connectivity index (χ2n) is 4.11. The molecule has 2 nitrogen and oxygen atoms in total. The maximum absolute atomic E-state index is 12.6. The fourth-order valence-corrected chi connectivity index (χ4v) is 2.97. The molecule has 0 aliphatic heterocycles. The van der Waals surface area contributed by atoms with E-state index in [0.717, 1.165) is 8.04 Å². The van der Waals surface area contributed by atoms with E-state index in [1.54, 1.807) is 30.3 Å². The summed E-state index contributed by atoms with van der Waals surface area (Å²) in [7, 11) is 0. The van der Waals surface area contributed by atoms with Crippen LogP contribution < -0.4 is 0 Å². The fourth-order valence-electron chi connectivity index (χ4n) is 1.81. The summed E-state index contributed by atoms with van der Waals surface area (Å²) in [4.78, 5) is 12.6. The van der Waals surface area contributed by atoms with E-state index in [2.05, 4.69) is 44.6 Å². The molecule has 2 rings (SSSR count). The molecule has 1 unspecified atom stereocenters. The fraction of sp³-hybridized carbons (Fsp3) is 0.0667. The summed E-state index contributed by atoms with van der Waals surface area (Å²) < 4.78 is 1.63. The van der Waals surface area contributed by atoms with Crippen molar-refractivity contribution in [3.05, 3.63) is 66.7 Å². The number of ketones is 1. The van der Waals surface area contributed by atoms with Gasteiger partial charge in [-0.3, -0.25) is 4.79 Å². The molecule has 0 fully saturated rings. The molecule has 0 spiro atoms. The Kier molecular flexibility index (Phi) is 5.19. The van der Waals surface area contributed by atoms with Gasteiger partial charge in [0.05, 0.1) is 6.07 Å². The van der Waals surface area contributed by atoms with Crippen LogP contribution in [0, 0.1) is 14.9 Å². The standard InChI is InChI=1S/C15H8BrClINO/c16-10-4-5-14(18)12(7-10)15(20)13(8-19)9-2-1-3-11(17)6-9/h1-7,13H. The van der Waals surface area contributed by atoms with Crippen LogP contribution in [0.4, 0.5) is 0 Å². The molecule has 1 atom stereocenters. The summed E-state index contributed by atoms with van der Waals surface area (Å²) in [5.74, 6) is -1.07. The summed E-state index contributed by atoms with van der Waals surface area (Å²) >= 11 is 11.4. The molecule has 2 aromatic carbocycles. The van der Waals surface area contributed by atoms with Crippen LogP contribution in [0.25, 0.3) is 0 Å². The highest BCUT2D eigenvalue weighted by Gasteiger charge is 2.23. The number of nitrogens with zero attached hydrogens (tertiary/aromatic N) is 1. The van der Waals surface area contributed by atoms with Gasteiger partial charge >= 0.3 is 0 Å². The molecule has 0 heterocycles. The van der Waals surface area contributed by atoms with Crippen molar-refractivity contribution in [2.45, 2.75) is 5.92 Å². The predicted molar refractivity (Wildman–Crippen MR) is 91.0 cm³/mol. The van der Waals surface area contributed by atoms with E-state index in [-0.39, 0.29) is 5.78 Å². The minimum absolute atomic E-state index is 0.222. The molecule has 0 bridgehead atoms. The first kappa shape index (κ1) is 15.5. The minimum atomic E-state index is -0.850. The first-order chi connectivity index (χ1) is 9.52. The highest BCUT2D eigenvalue weighted by molar-refractivity contribution is 14.1. The van der Waals surface area contributed by atoms with Crippen LogP contribution in [0.15, 0.2) is 46.9 Å². The van der Waals surface area contributed by atoms with Crippen LogP contribution in [-0.2, 0) is 0 Å². The van der Waals surface area contributed by atoms with E-state index in [1.807, 2.05) is 12.1 Å². The third kappa shape index (κ3) is 3.40. The Morgan fingerprint density at radius 3 is 2.70 bits per heavy atom. The van der Waals surface area contributed by atoms with Crippen molar-refractivity contribution in [2.24, 2.45) is 0 Å². The van der Waals surface area contributed by atoms with Crippen molar-refractivity contribution in [1.82, 2.24) is 0 Å². The zero-order valence-corrected chi connectivity index (χ0v) is 14.6. The number of benzene rings is 2. The van der Waals surface area contributed by atoms with Gasteiger partial charge in [-0.1, -0.05) is 39.7 Å². The number of nitriles is 1. The summed E-state index contributed by atoms with van der Waals surface area (Å²) in [6, 6.07) is 14.3. The van der Waals surface area contributed by atoms with Crippen LogP contribution in [-0.4, -0.2) is 5.78 Å². The number of hydrogen-bond donors (Lipinski definition) is 0. The van der Waals surface area contributed by atoms with Crippen molar-refractivity contribution in [3.63, 3.8) is 0 Å². The summed E-state index contributed by atoms with van der Waals surface area (Å²) in [6.07, 6.45) is 0. The number of rotatable bonds is 3. The van der Waals surface area contributed by atoms with Gasteiger partial charge in [-0.2, -0.15) is 5.26 Å². The molecule has 0 saturated carbocycles. The number of carbonyl (C=O) groups is 1. The number of Topliss-reactive ketones (excluding diaryl/α,β-unsaturated/α-hetero) is 1. The van der Waals surface area contributed by atoms with Crippen molar-refractivity contribution in [3.8, 4) is 6.07 Å². The molecule has 0 aliphatic rings. The molecule has 0 N–H and O–H groups in total. The maximum Gasteiger partial charge on any atom is 0.185 e. The van der Waals surface area contributed by atoms with E-state index < -0.39 is 5.92 Å². The summed E-state index contributed by atoms with van der Waals surface area (Å²) in [5, 5.41) is 9.85. The number of halogens is 3. The molecule has 0 amide bonds. The van der Waals surface area contributed by atoms with E-state index in [9.17, 15) is 10.1 Å². The summed E-state index contributed by atoms with van der Waals surface area (Å²) in [5.41, 5.74) is 1.15. The first-order valence-electron chi connectivity index (χ1n) is 5.67. The Bertz CT molecular complexity index is 711. The van der Waals surface area contributed by atoms with Gasteiger partial charge in [-0.25, -0.2) is 0 Å². The van der Waals surface area contributed by atoms with Gasteiger partial charge < -0.3 is 0 Å². The van der Waals surface area contributed by atoms with E-state index in [0.29, 0.717) is 16.1 Å². The molecular formula is C15H8BrClINO. The average Bonchev–Trinajstić information content (AvgIpc) is 2.42. The SMILES string of the molecule is N#CC(C(=O)c1cc(Br)ccc1I)c1cccc(Cl)c1. The Balaban J connectivity index is 2.45. The molecule has 2 aromatic rings. The number of carbonyl (C=O) groups excluding carboxylic acids is 1. The minimum Gasteiger partial charge on any atom is -0.292 e. The zero-order valence-electron chi connectivity index (χ0n) is 10.1. The smallest absolute Gasteiger partial charge is 0.185 e. The van der Waals surface area contributed by atoms with E-state index >= 15 is 0 Å². The van der Waals surface area contributed by atoms with Crippen LogP contribution in [0.3, 0.4) is 0 Å². The normalized spacial score (nSPS) is 11.7. The molecule has 5 heteroatoms. The van der Waals surface area contributed by atoms with Gasteiger partial charge in [0, 0.05) is 18.6 Å². The molecular weight excluding hydrogens is 452 g/mol. The van der Waals surface area contributed by atoms with Gasteiger partial charge in [0.25, 0.3) is 0 Å². The maximum atomic E-state index is 12.6. The quantitative estimate of drug-likeness (QED) is 0.467. The van der Waals surface area contributed by atoms with Gasteiger partial charge in [0.2, 0.25) is 0 Å². The summed E-state index contributed by atoms with van der Waals surface area (Å²) in [6.45, 7) is 0. The highest BCUT2D eigenvalue weighted by Crippen LogP contribution is 2.27. The lowest BCUT2D eigenvalue weighted by Gasteiger charge is -2.11. The molecule has 0 saturated heterocycles. The van der Waals surface area contributed by atoms with Crippen molar-refractivity contribution >= 4 is 55.9 Å². The lowest BCUT2D eigenvalue weighted by Crippen LogP contribution is -2.12. The monoisotopic (exact) mass is 459 g/mol. The molecule has 100 valence electrons. The van der Waals surface area contributed by atoms with Crippen LogP contribution in [0.2, 0.25) is 5.02 Å².